The van der Waals surface area contributed by atoms with Gasteiger partial charge >= 0.3 is 5.97 Å². The van der Waals surface area contributed by atoms with Crippen molar-refractivity contribution in [2.24, 2.45) is 5.73 Å². The Labute approximate surface area is 101 Å². The van der Waals surface area contributed by atoms with Crippen LogP contribution < -0.4 is 11.1 Å². The summed E-state index contributed by atoms with van der Waals surface area (Å²) in [4.78, 5) is 32.6. The molecule has 0 unspecified atom stereocenters. The predicted molar refractivity (Wildman–Crippen MR) is 64.1 cm³/mol. The second-order valence-corrected chi connectivity index (χ2v) is 3.99. The molecule has 7 heteroatoms. The second-order valence-electron chi connectivity index (χ2n) is 3.01. The van der Waals surface area contributed by atoms with E-state index in [-0.39, 0.29) is 17.0 Å². The quantitative estimate of drug-likeness (QED) is 0.746. The summed E-state index contributed by atoms with van der Waals surface area (Å²) in [6.07, 6.45) is 0. The highest BCUT2D eigenvalue weighted by Gasteiger charge is 2.12. The van der Waals surface area contributed by atoms with Crippen LogP contribution in [0.5, 0.6) is 0 Å². The van der Waals surface area contributed by atoms with E-state index >= 15 is 0 Å². The average molecular weight is 254 g/mol. The lowest BCUT2D eigenvalue weighted by Crippen LogP contribution is -2.18. The number of carboxylic acids is 1. The van der Waals surface area contributed by atoms with Crippen molar-refractivity contribution in [2.75, 3.05) is 11.1 Å². The van der Waals surface area contributed by atoms with E-state index in [2.05, 4.69) is 5.32 Å². The van der Waals surface area contributed by atoms with Gasteiger partial charge < -0.3 is 16.2 Å². The van der Waals surface area contributed by atoms with Gasteiger partial charge in [0.1, 0.15) is 0 Å². The summed E-state index contributed by atoms with van der Waals surface area (Å²) in [5.74, 6) is -1.77. The lowest BCUT2D eigenvalue weighted by Gasteiger charge is -2.07. The number of hydrogen-bond donors (Lipinski definition) is 3. The van der Waals surface area contributed by atoms with Gasteiger partial charge in [0, 0.05) is 0 Å². The highest BCUT2D eigenvalue weighted by molar-refractivity contribution is 8.14. The summed E-state index contributed by atoms with van der Waals surface area (Å²) in [6, 6.07) is 6.00. The standard InChI is InChI=1S/C10H10N2O4S/c11-10(16)17-5-8(13)12-7-4-2-1-3-6(7)9(14)15/h1-4H,5H2,(H2,11,16)(H,12,13)(H,14,15). The Morgan fingerprint density at radius 2 is 1.94 bits per heavy atom. The summed E-state index contributed by atoms with van der Waals surface area (Å²) < 4.78 is 0. The van der Waals surface area contributed by atoms with Crippen molar-refractivity contribution in [1.82, 2.24) is 0 Å². The van der Waals surface area contributed by atoms with Gasteiger partial charge in [-0.1, -0.05) is 23.9 Å². The molecule has 6 nitrogen and oxygen atoms in total. The maximum Gasteiger partial charge on any atom is 0.337 e. The van der Waals surface area contributed by atoms with E-state index in [1.165, 1.54) is 12.1 Å². The molecule has 0 aliphatic carbocycles. The van der Waals surface area contributed by atoms with E-state index in [4.69, 9.17) is 10.8 Å². The van der Waals surface area contributed by atoms with E-state index in [1.54, 1.807) is 12.1 Å². The van der Waals surface area contributed by atoms with Crippen molar-refractivity contribution in [2.45, 2.75) is 0 Å². The first kappa shape index (κ1) is 13.0. The molecular formula is C10H10N2O4S. The number of nitrogens with one attached hydrogen (secondary N) is 1. The van der Waals surface area contributed by atoms with Crippen molar-refractivity contribution in [3.63, 3.8) is 0 Å². The summed E-state index contributed by atoms with van der Waals surface area (Å²) >= 11 is 0.652. The normalized spacial score (nSPS) is 9.65. The van der Waals surface area contributed by atoms with E-state index in [9.17, 15) is 14.4 Å². The van der Waals surface area contributed by atoms with Crippen LogP contribution >= 0.6 is 11.8 Å². The smallest absolute Gasteiger partial charge is 0.337 e. The molecule has 90 valence electrons. The van der Waals surface area contributed by atoms with Gasteiger partial charge in [0.05, 0.1) is 17.0 Å². The molecule has 2 amide bonds. The number of carbonyl (C=O) groups excluding carboxylic acids is 2. The number of benzene rings is 1. The van der Waals surface area contributed by atoms with Gasteiger partial charge in [-0.05, 0) is 12.1 Å². The summed E-state index contributed by atoms with van der Waals surface area (Å²) in [5.41, 5.74) is 5.04. The van der Waals surface area contributed by atoms with E-state index in [0.717, 1.165) is 0 Å². The van der Waals surface area contributed by atoms with Gasteiger partial charge in [0.2, 0.25) is 5.91 Å². The van der Waals surface area contributed by atoms with Gasteiger partial charge in [-0.3, -0.25) is 9.59 Å². The third-order valence-electron chi connectivity index (χ3n) is 1.78. The number of carbonyl (C=O) groups is 3. The first-order chi connectivity index (χ1) is 8.00. The zero-order chi connectivity index (χ0) is 12.8. The van der Waals surface area contributed by atoms with Crippen molar-refractivity contribution >= 4 is 34.6 Å². The zero-order valence-electron chi connectivity index (χ0n) is 8.67. The number of primary amides is 1. The Morgan fingerprint density at radius 1 is 1.29 bits per heavy atom. The molecule has 1 rings (SSSR count). The lowest BCUT2D eigenvalue weighted by atomic mass is 10.2. The van der Waals surface area contributed by atoms with E-state index in [1.807, 2.05) is 0 Å². The molecule has 1 aromatic carbocycles. The number of anilines is 1. The Balaban J connectivity index is 2.71. The molecule has 0 saturated heterocycles. The third kappa shape index (κ3) is 4.15. The fourth-order valence-electron chi connectivity index (χ4n) is 1.10. The highest BCUT2D eigenvalue weighted by atomic mass is 32.2. The summed E-state index contributed by atoms with van der Waals surface area (Å²) in [7, 11) is 0. The van der Waals surface area contributed by atoms with Crippen molar-refractivity contribution < 1.29 is 19.5 Å². The van der Waals surface area contributed by atoms with Crippen LogP contribution in [0.1, 0.15) is 10.4 Å². The number of hydrogen-bond acceptors (Lipinski definition) is 4. The van der Waals surface area contributed by atoms with Crippen LogP contribution in [0.15, 0.2) is 24.3 Å². The van der Waals surface area contributed by atoms with Crippen LogP contribution in [0.3, 0.4) is 0 Å². The van der Waals surface area contributed by atoms with Crippen LogP contribution in [-0.4, -0.2) is 28.0 Å². The summed E-state index contributed by atoms with van der Waals surface area (Å²) in [6.45, 7) is 0. The Bertz CT molecular complexity index is 461. The molecule has 0 bridgehead atoms. The minimum atomic E-state index is -1.14. The molecule has 0 heterocycles. The molecule has 0 fully saturated rings. The number of amides is 2. The van der Waals surface area contributed by atoms with Gasteiger partial charge in [-0.25, -0.2) is 4.79 Å². The molecule has 1 aromatic rings. The fourth-order valence-corrected chi connectivity index (χ4v) is 1.45. The van der Waals surface area contributed by atoms with Crippen LogP contribution in [0.4, 0.5) is 10.5 Å². The Kier molecular flexibility index (Phi) is 4.53. The molecule has 0 aliphatic rings. The van der Waals surface area contributed by atoms with Crippen molar-refractivity contribution in [3.8, 4) is 0 Å². The molecule has 0 spiro atoms. The number of thioether (sulfide) groups is 1. The maximum atomic E-state index is 11.4. The third-order valence-corrected chi connectivity index (χ3v) is 2.47. The number of aromatic carboxylic acids is 1. The first-order valence-electron chi connectivity index (χ1n) is 4.55. The zero-order valence-corrected chi connectivity index (χ0v) is 9.49. The number of nitrogens with two attached hydrogens (primary N) is 1. The Morgan fingerprint density at radius 3 is 2.53 bits per heavy atom. The molecule has 0 saturated carbocycles. The first-order valence-corrected chi connectivity index (χ1v) is 5.53. The Hall–Kier alpha value is -2.02. The number of rotatable bonds is 4. The summed E-state index contributed by atoms with van der Waals surface area (Å²) in [5, 5.41) is 10.6. The van der Waals surface area contributed by atoms with E-state index in [0.29, 0.717) is 11.8 Å². The second kappa shape index (κ2) is 5.90. The van der Waals surface area contributed by atoms with Gasteiger partial charge in [-0.2, -0.15) is 0 Å². The predicted octanol–water partition coefficient (Wildman–Crippen LogP) is 1.14. The monoisotopic (exact) mass is 254 g/mol. The number of carboxylic acid groups (broad SMARTS) is 1. The molecule has 0 atom stereocenters. The van der Waals surface area contributed by atoms with Crippen LogP contribution in [-0.2, 0) is 4.79 Å². The van der Waals surface area contributed by atoms with Gasteiger partial charge in [0.15, 0.2) is 0 Å². The average Bonchev–Trinajstić information content (AvgIpc) is 2.27. The van der Waals surface area contributed by atoms with Crippen molar-refractivity contribution in [1.29, 1.82) is 0 Å². The van der Waals surface area contributed by atoms with Gasteiger partial charge in [0.25, 0.3) is 5.24 Å². The van der Waals surface area contributed by atoms with Gasteiger partial charge in [-0.15, -0.1) is 0 Å². The molecule has 4 N–H and O–H groups in total. The minimum absolute atomic E-state index is 0.00933. The van der Waals surface area contributed by atoms with Crippen molar-refractivity contribution in [3.05, 3.63) is 29.8 Å². The topological polar surface area (TPSA) is 109 Å². The SMILES string of the molecule is NC(=O)SCC(=O)Nc1ccccc1C(=O)O. The van der Waals surface area contributed by atoms with Crippen LogP contribution in [0.2, 0.25) is 0 Å². The van der Waals surface area contributed by atoms with E-state index < -0.39 is 17.1 Å². The highest BCUT2D eigenvalue weighted by Crippen LogP contribution is 2.15. The molecule has 17 heavy (non-hydrogen) atoms. The fraction of sp³-hybridized carbons (Fsp3) is 0.100. The molecular weight excluding hydrogens is 244 g/mol. The molecule has 0 aromatic heterocycles. The van der Waals surface area contributed by atoms with Crippen LogP contribution in [0, 0.1) is 0 Å². The number of para-hydroxylation sites is 1. The minimum Gasteiger partial charge on any atom is -0.478 e. The lowest BCUT2D eigenvalue weighted by molar-refractivity contribution is -0.113. The maximum absolute atomic E-state index is 11.4. The molecule has 0 radical (unpaired) electrons. The largest absolute Gasteiger partial charge is 0.478 e. The molecule has 0 aliphatic heterocycles. The van der Waals surface area contributed by atoms with Crippen LogP contribution in [0.25, 0.3) is 0 Å².